The molecule has 0 N–H and O–H groups in total. The van der Waals surface area contributed by atoms with E-state index >= 15 is 0 Å². The van der Waals surface area contributed by atoms with Crippen molar-refractivity contribution in [2.45, 2.75) is 55.4 Å². The molecule has 0 aromatic heterocycles. The molecule has 0 unspecified atom stereocenters. The summed E-state index contributed by atoms with van der Waals surface area (Å²) in [6, 6.07) is 80.5. The first-order valence-corrected chi connectivity index (χ1v) is 26.4. The van der Waals surface area contributed by atoms with Gasteiger partial charge in [0.05, 0.1) is 0 Å². The van der Waals surface area contributed by atoms with Crippen molar-refractivity contribution >= 4 is 68.8 Å². The van der Waals surface area contributed by atoms with Gasteiger partial charge in [-0.3, -0.25) is 0 Å². The fourth-order valence-electron chi connectivity index (χ4n) is 9.82. The van der Waals surface area contributed by atoms with Crippen molar-refractivity contribution < 1.29 is 0 Å². The van der Waals surface area contributed by atoms with Crippen LogP contribution >= 0.6 is 0 Å². The first kappa shape index (κ1) is 50.6. The molecule has 0 aliphatic rings. The Balaban J connectivity index is 1.10. The van der Waals surface area contributed by atoms with Crippen LogP contribution in [0.2, 0.25) is 0 Å². The van der Waals surface area contributed by atoms with Crippen LogP contribution in [0.1, 0.15) is 83.3 Å². The Labute approximate surface area is 441 Å². The van der Waals surface area contributed by atoms with Gasteiger partial charge in [-0.05, 0) is 209 Å². The van der Waals surface area contributed by atoms with Crippen LogP contribution in [0.5, 0.6) is 0 Å². The Bertz CT molecular complexity index is 2950. The zero-order valence-electron chi connectivity index (χ0n) is 44.6. The maximum absolute atomic E-state index is 2.40. The molecule has 0 spiro atoms. The summed E-state index contributed by atoms with van der Waals surface area (Å²) >= 11 is 0. The molecule has 9 rings (SSSR count). The molecular formula is C70H70N4. The lowest BCUT2D eigenvalue weighted by molar-refractivity contribution is 0.866. The summed E-state index contributed by atoms with van der Waals surface area (Å²) in [5.41, 5.74) is 23.4. The van der Waals surface area contributed by atoms with Gasteiger partial charge in [0.1, 0.15) is 0 Å². The van der Waals surface area contributed by atoms with Gasteiger partial charge in [-0.15, -0.1) is 0 Å². The second-order valence-electron chi connectivity index (χ2n) is 19.3. The van der Waals surface area contributed by atoms with E-state index in [2.05, 4.69) is 306 Å². The molecule has 0 atom stereocenters. The molecule has 0 amide bonds. The minimum Gasteiger partial charge on any atom is -0.372 e. The molecule has 9 aromatic rings. The van der Waals surface area contributed by atoms with Crippen LogP contribution in [0.15, 0.2) is 218 Å². The van der Waals surface area contributed by atoms with Gasteiger partial charge in [0.15, 0.2) is 0 Å². The van der Waals surface area contributed by atoms with E-state index in [9.17, 15) is 0 Å². The van der Waals surface area contributed by atoms with E-state index in [1.54, 1.807) is 0 Å². The maximum atomic E-state index is 2.40. The van der Waals surface area contributed by atoms with Gasteiger partial charge in [0, 0.05) is 71.7 Å². The van der Waals surface area contributed by atoms with Crippen molar-refractivity contribution in [1.82, 2.24) is 0 Å². The largest absolute Gasteiger partial charge is 0.372 e. The normalized spacial score (nSPS) is 11.6. The van der Waals surface area contributed by atoms with Gasteiger partial charge in [-0.25, -0.2) is 0 Å². The van der Waals surface area contributed by atoms with Crippen LogP contribution in [0.25, 0.3) is 23.3 Å². The highest BCUT2D eigenvalue weighted by Gasteiger charge is 2.16. The molecule has 4 nitrogen and oxygen atoms in total. The summed E-state index contributed by atoms with van der Waals surface area (Å²) in [4.78, 5) is 9.46. The lowest BCUT2D eigenvalue weighted by Gasteiger charge is -2.26. The third kappa shape index (κ3) is 11.8. The predicted molar refractivity (Wildman–Crippen MR) is 322 cm³/mol. The molecule has 0 fully saturated rings. The van der Waals surface area contributed by atoms with Gasteiger partial charge < -0.3 is 19.6 Å². The van der Waals surface area contributed by atoms with Crippen LogP contribution in [-0.4, -0.2) is 26.2 Å². The molecule has 0 heterocycles. The van der Waals surface area contributed by atoms with Crippen LogP contribution in [0.4, 0.5) is 45.5 Å². The average Bonchev–Trinajstić information content (AvgIpc) is 3.44. The van der Waals surface area contributed by atoms with Gasteiger partial charge in [-0.1, -0.05) is 144 Å². The smallest absolute Gasteiger partial charge is 0.0462 e. The molecular weight excluding hydrogens is 897 g/mol. The monoisotopic (exact) mass is 967 g/mol. The highest BCUT2D eigenvalue weighted by Crippen LogP contribution is 2.39. The fourth-order valence-corrected chi connectivity index (χ4v) is 9.82. The number of hydrogen-bond donors (Lipinski definition) is 0. The van der Waals surface area contributed by atoms with Crippen molar-refractivity contribution in [3.05, 3.63) is 274 Å². The molecule has 0 radical (unpaired) electrons. The fraction of sp³-hybridized carbons (Fsp3) is 0.171. The number of rotatable bonds is 18. The zero-order chi connectivity index (χ0) is 51.6. The van der Waals surface area contributed by atoms with E-state index in [4.69, 9.17) is 0 Å². The molecule has 0 saturated carbocycles. The average molecular weight is 967 g/mol. The van der Waals surface area contributed by atoms with E-state index in [1.807, 2.05) is 0 Å². The number of anilines is 8. The minimum atomic E-state index is 0.964. The number of nitrogens with zero attached hydrogens (tertiary/aromatic N) is 4. The summed E-state index contributed by atoms with van der Waals surface area (Å²) < 4.78 is 0. The Morgan fingerprint density at radius 1 is 0.257 bits per heavy atom. The predicted octanol–water partition coefficient (Wildman–Crippen LogP) is 18.7. The zero-order valence-corrected chi connectivity index (χ0v) is 44.6. The summed E-state index contributed by atoms with van der Waals surface area (Å²) in [5, 5.41) is 0. The summed E-state index contributed by atoms with van der Waals surface area (Å²) in [7, 11) is 0. The molecule has 9 aromatic carbocycles. The van der Waals surface area contributed by atoms with Crippen molar-refractivity contribution in [2.75, 3.05) is 45.8 Å². The highest BCUT2D eigenvalue weighted by atomic mass is 15.1. The van der Waals surface area contributed by atoms with Gasteiger partial charge in [0.2, 0.25) is 0 Å². The Morgan fingerprint density at radius 2 is 0.446 bits per heavy atom. The Morgan fingerprint density at radius 3 is 0.662 bits per heavy atom. The van der Waals surface area contributed by atoms with Gasteiger partial charge in [0.25, 0.3) is 0 Å². The van der Waals surface area contributed by atoms with E-state index in [0.717, 1.165) is 82.6 Å². The minimum absolute atomic E-state index is 0.964. The van der Waals surface area contributed by atoms with Crippen LogP contribution in [-0.2, 0) is 0 Å². The maximum Gasteiger partial charge on any atom is 0.0462 e. The molecule has 0 aliphatic carbocycles. The van der Waals surface area contributed by atoms with E-state index in [-0.39, 0.29) is 0 Å². The molecule has 4 heteroatoms. The van der Waals surface area contributed by atoms with E-state index < -0.39 is 0 Å². The third-order valence-corrected chi connectivity index (χ3v) is 14.2. The van der Waals surface area contributed by atoms with Crippen LogP contribution < -0.4 is 19.6 Å². The molecule has 0 saturated heterocycles. The molecule has 74 heavy (non-hydrogen) atoms. The Kier molecular flexibility index (Phi) is 16.0. The number of aryl methyl sites for hydroxylation is 4. The summed E-state index contributed by atoms with van der Waals surface area (Å²) in [6.07, 6.45) is 4.68. The molecule has 0 bridgehead atoms. The van der Waals surface area contributed by atoms with Crippen molar-refractivity contribution in [1.29, 1.82) is 0 Å². The second kappa shape index (κ2) is 23.5. The second-order valence-corrected chi connectivity index (χ2v) is 19.3. The SMILES string of the molecule is CCN(CC)c1ccc(C(=Cc2ccc(N(c3ccc(C)cc3)c3ccc(C)cc3)cc2)c2ccc(C(=Cc3ccc(N(c4ccc(C)cc4)c4ccc(C)cc4)cc3)c3ccc(N(CC)CC)cc3)cc2)cc1. The third-order valence-electron chi connectivity index (χ3n) is 14.2. The van der Waals surface area contributed by atoms with Crippen molar-refractivity contribution in [3.8, 4) is 0 Å². The Hall–Kier alpha value is -8.34. The van der Waals surface area contributed by atoms with Crippen LogP contribution in [0, 0.1) is 27.7 Å². The number of hydrogen-bond acceptors (Lipinski definition) is 4. The lowest BCUT2D eigenvalue weighted by Crippen LogP contribution is -2.21. The topological polar surface area (TPSA) is 13.0 Å². The highest BCUT2D eigenvalue weighted by molar-refractivity contribution is 5.95. The molecule has 0 aliphatic heterocycles. The first-order valence-electron chi connectivity index (χ1n) is 26.4. The van der Waals surface area contributed by atoms with Gasteiger partial charge >= 0.3 is 0 Å². The quantitative estimate of drug-likeness (QED) is 0.0795. The standard InChI is InChI=1S/C70H70N4/c1-9-71(10-2)61-45-29-59(30-46-61)69(49-55-21-41-67(42-22-55)73(63-33-13-51(5)14-34-63)64-35-15-52(6)16-36-64)57-25-27-58(28-26-57)70(60-31-47-62(48-32-60)72(11-3)12-4)50-56-23-43-68(44-24-56)74(65-37-17-53(7)18-38-65)66-39-19-54(8)20-40-66/h13-50H,9-12H2,1-8H3. The summed E-state index contributed by atoms with van der Waals surface area (Å²) in [5.74, 6) is 0. The van der Waals surface area contributed by atoms with Gasteiger partial charge in [-0.2, -0.15) is 0 Å². The van der Waals surface area contributed by atoms with Crippen molar-refractivity contribution in [3.63, 3.8) is 0 Å². The van der Waals surface area contributed by atoms with E-state index in [0.29, 0.717) is 0 Å². The summed E-state index contributed by atoms with van der Waals surface area (Å²) in [6.45, 7) is 21.3. The van der Waals surface area contributed by atoms with E-state index in [1.165, 1.54) is 55.9 Å². The van der Waals surface area contributed by atoms with Crippen LogP contribution in [0.3, 0.4) is 0 Å². The first-order chi connectivity index (χ1) is 36.1. The van der Waals surface area contributed by atoms with Crippen molar-refractivity contribution in [2.24, 2.45) is 0 Å². The number of benzene rings is 9. The lowest BCUT2D eigenvalue weighted by atomic mass is 9.91. The molecule has 370 valence electrons.